The van der Waals surface area contributed by atoms with Crippen molar-refractivity contribution in [3.63, 3.8) is 0 Å². The van der Waals surface area contributed by atoms with Gasteiger partial charge in [-0.1, -0.05) is 83.9 Å². The van der Waals surface area contributed by atoms with Crippen LogP contribution >= 0.6 is 23.2 Å². The quantitative estimate of drug-likeness (QED) is 0.318. The molecule has 0 saturated heterocycles. The third kappa shape index (κ3) is 7.03. The lowest BCUT2D eigenvalue weighted by Crippen LogP contribution is -2.52. The van der Waals surface area contributed by atoms with Crippen molar-refractivity contribution in [3.05, 3.63) is 94.0 Å². The van der Waals surface area contributed by atoms with Crippen molar-refractivity contribution in [2.75, 3.05) is 13.1 Å². The molecule has 0 aliphatic carbocycles. The van der Waals surface area contributed by atoms with Crippen molar-refractivity contribution < 1.29 is 19.4 Å². The fourth-order valence-corrected chi connectivity index (χ4v) is 3.88. The zero-order chi connectivity index (χ0) is 24.5. The number of benzene rings is 3. The van der Waals surface area contributed by atoms with Crippen LogP contribution in [0.25, 0.3) is 11.1 Å². The molecule has 0 radical (unpaired) electrons. The first-order valence-corrected chi connectivity index (χ1v) is 11.3. The van der Waals surface area contributed by atoms with E-state index in [0.717, 1.165) is 16.7 Å². The molecule has 7 nitrogen and oxygen atoms in total. The topological polar surface area (TPSA) is 114 Å². The fraction of sp³-hybridized carbons (Fsp3) is 0.200. The van der Waals surface area contributed by atoms with E-state index in [4.69, 9.17) is 33.7 Å². The summed E-state index contributed by atoms with van der Waals surface area (Å²) >= 11 is 12.8. The minimum Gasteiger partial charge on any atom is -0.366 e. The van der Waals surface area contributed by atoms with Crippen molar-refractivity contribution in [2.45, 2.75) is 18.9 Å². The molecular weight excluding hydrogens is 477 g/mol. The number of hydrogen-bond acceptors (Lipinski definition) is 5. The van der Waals surface area contributed by atoms with E-state index in [-0.39, 0.29) is 35.3 Å². The standard InChI is InChI=1S/C25H25Cl2N3O4/c26-19-11-18(17-9-5-2-6-10-17)12-20(27)23(19)24(32)30-21(14-29-22(31)13-28)25(33)34-15-16-7-3-1-4-8-16/h1-12,21,25,33H,13-15,28H2,(H,29,31)(H,30,32)/t21-,25?/m0/s1. The van der Waals surface area contributed by atoms with E-state index >= 15 is 0 Å². The predicted octanol–water partition coefficient (Wildman–Crippen LogP) is 3.37. The minimum atomic E-state index is -1.43. The van der Waals surface area contributed by atoms with Gasteiger partial charge in [-0.3, -0.25) is 9.59 Å². The molecular formula is C25H25Cl2N3O4. The van der Waals surface area contributed by atoms with Gasteiger partial charge >= 0.3 is 0 Å². The number of nitrogens with one attached hydrogen (secondary N) is 2. The van der Waals surface area contributed by atoms with Gasteiger partial charge in [-0.2, -0.15) is 0 Å². The first-order valence-electron chi connectivity index (χ1n) is 10.5. The molecule has 0 fully saturated rings. The Morgan fingerprint density at radius 3 is 2.12 bits per heavy atom. The van der Waals surface area contributed by atoms with Gasteiger partial charge < -0.3 is 26.2 Å². The summed E-state index contributed by atoms with van der Waals surface area (Å²) in [7, 11) is 0. The number of halogens is 2. The van der Waals surface area contributed by atoms with Crippen LogP contribution in [0.1, 0.15) is 15.9 Å². The first-order chi connectivity index (χ1) is 16.4. The van der Waals surface area contributed by atoms with Gasteiger partial charge in [-0.05, 0) is 28.8 Å². The second-order valence-corrected chi connectivity index (χ2v) is 8.27. The summed E-state index contributed by atoms with van der Waals surface area (Å²) in [6, 6.07) is 21.0. The Balaban J connectivity index is 1.76. The number of carbonyl (C=O) groups is 2. The summed E-state index contributed by atoms with van der Waals surface area (Å²) in [4.78, 5) is 24.7. The maximum Gasteiger partial charge on any atom is 0.254 e. The van der Waals surface area contributed by atoms with Crippen molar-refractivity contribution in [2.24, 2.45) is 5.73 Å². The van der Waals surface area contributed by atoms with Gasteiger partial charge in [0.25, 0.3) is 5.91 Å². The molecule has 0 aliphatic heterocycles. The molecule has 3 aromatic carbocycles. The van der Waals surface area contributed by atoms with Crippen LogP contribution in [0.4, 0.5) is 0 Å². The molecule has 34 heavy (non-hydrogen) atoms. The molecule has 0 aliphatic rings. The second-order valence-electron chi connectivity index (χ2n) is 7.46. The Bertz CT molecular complexity index is 1090. The Labute approximate surface area is 207 Å². The summed E-state index contributed by atoms with van der Waals surface area (Å²) in [6.45, 7) is -0.248. The lowest BCUT2D eigenvalue weighted by Gasteiger charge is -2.25. The fourth-order valence-electron chi connectivity index (χ4n) is 3.22. The van der Waals surface area contributed by atoms with E-state index in [0.29, 0.717) is 0 Å². The lowest BCUT2D eigenvalue weighted by molar-refractivity contribution is -0.129. The van der Waals surface area contributed by atoms with Crippen LogP contribution in [-0.2, 0) is 16.1 Å². The van der Waals surface area contributed by atoms with Crippen LogP contribution in [0.15, 0.2) is 72.8 Å². The molecule has 0 aromatic heterocycles. The normalized spacial score (nSPS) is 12.6. The molecule has 2 amide bonds. The first kappa shape index (κ1) is 25.7. The van der Waals surface area contributed by atoms with Crippen molar-refractivity contribution >= 4 is 35.0 Å². The Hall–Kier alpha value is -2.94. The Morgan fingerprint density at radius 2 is 1.53 bits per heavy atom. The van der Waals surface area contributed by atoms with E-state index in [1.807, 2.05) is 60.7 Å². The molecule has 3 aromatic rings. The number of aliphatic hydroxyl groups is 1. The van der Waals surface area contributed by atoms with Crippen molar-refractivity contribution in [1.29, 1.82) is 0 Å². The van der Waals surface area contributed by atoms with Crippen LogP contribution in [0.2, 0.25) is 10.0 Å². The van der Waals surface area contributed by atoms with Gasteiger partial charge in [0.15, 0.2) is 6.29 Å². The number of hydrogen-bond donors (Lipinski definition) is 4. The van der Waals surface area contributed by atoms with E-state index in [2.05, 4.69) is 10.6 Å². The highest BCUT2D eigenvalue weighted by atomic mass is 35.5. The summed E-state index contributed by atoms with van der Waals surface area (Å²) in [5.41, 5.74) is 7.87. The largest absolute Gasteiger partial charge is 0.366 e. The summed E-state index contributed by atoms with van der Waals surface area (Å²) in [5.74, 6) is -1.07. The number of carbonyl (C=O) groups excluding carboxylic acids is 2. The van der Waals surface area contributed by atoms with Gasteiger partial charge in [-0.25, -0.2) is 0 Å². The summed E-state index contributed by atoms with van der Waals surface area (Å²) in [5, 5.41) is 16.1. The van der Waals surface area contributed by atoms with Gasteiger partial charge in [0.2, 0.25) is 5.91 Å². The van der Waals surface area contributed by atoms with Gasteiger partial charge in [-0.15, -0.1) is 0 Å². The van der Waals surface area contributed by atoms with Crippen molar-refractivity contribution in [1.82, 2.24) is 10.6 Å². The van der Waals surface area contributed by atoms with Crippen LogP contribution in [-0.4, -0.2) is 42.3 Å². The van der Waals surface area contributed by atoms with Crippen LogP contribution in [0, 0.1) is 0 Å². The van der Waals surface area contributed by atoms with Crippen LogP contribution in [0.3, 0.4) is 0 Å². The summed E-state index contributed by atoms with van der Waals surface area (Å²) in [6.07, 6.45) is -1.43. The van der Waals surface area contributed by atoms with Gasteiger partial charge in [0.05, 0.1) is 34.8 Å². The Kier molecular flexibility index (Phi) is 9.44. The zero-order valence-electron chi connectivity index (χ0n) is 18.2. The van der Waals surface area contributed by atoms with E-state index in [1.165, 1.54) is 0 Å². The number of aliphatic hydroxyl groups excluding tert-OH is 1. The third-order valence-electron chi connectivity index (χ3n) is 5.01. The lowest BCUT2D eigenvalue weighted by atomic mass is 10.0. The highest BCUT2D eigenvalue weighted by Gasteiger charge is 2.26. The molecule has 178 valence electrons. The monoisotopic (exact) mass is 501 g/mol. The van der Waals surface area contributed by atoms with E-state index < -0.39 is 24.1 Å². The van der Waals surface area contributed by atoms with E-state index in [9.17, 15) is 14.7 Å². The number of nitrogens with two attached hydrogens (primary N) is 1. The Morgan fingerprint density at radius 1 is 0.941 bits per heavy atom. The average Bonchev–Trinajstić information content (AvgIpc) is 2.85. The number of ether oxygens (including phenoxy) is 1. The molecule has 0 bridgehead atoms. The molecule has 0 spiro atoms. The highest BCUT2D eigenvalue weighted by Crippen LogP contribution is 2.31. The van der Waals surface area contributed by atoms with Crippen LogP contribution < -0.4 is 16.4 Å². The second kappa shape index (κ2) is 12.5. The predicted molar refractivity (Wildman–Crippen MR) is 132 cm³/mol. The smallest absolute Gasteiger partial charge is 0.254 e. The maximum atomic E-state index is 13.1. The molecule has 3 rings (SSSR count). The van der Waals surface area contributed by atoms with Crippen LogP contribution in [0.5, 0.6) is 0 Å². The van der Waals surface area contributed by atoms with Crippen molar-refractivity contribution in [3.8, 4) is 11.1 Å². The maximum absolute atomic E-state index is 13.1. The SMILES string of the molecule is NCC(=O)NC[C@H](NC(=O)c1c(Cl)cc(-c2ccccc2)cc1Cl)C(O)OCc1ccccc1. The van der Waals surface area contributed by atoms with Gasteiger partial charge in [0, 0.05) is 6.54 Å². The van der Waals surface area contributed by atoms with Gasteiger partial charge in [0.1, 0.15) is 0 Å². The molecule has 1 unspecified atom stereocenters. The zero-order valence-corrected chi connectivity index (χ0v) is 19.7. The number of amides is 2. The number of rotatable bonds is 10. The molecule has 0 saturated carbocycles. The molecule has 5 N–H and O–H groups in total. The highest BCUT2D eigenvalue weighted by molar-refractivity contribution is 6.40. The molecule has 0 heterocycles. The molecule has 9 heteroatoms. The molecule has 2 atom stereocenters. The third-order valence-corrected chi connectivity index (χ3v) is 5.60. The average molecular weight is 502 g/mol. The minimum absolute atomic E-state index is 0.0495. The van der Waals surface area contributed by atoms with E-state index in [1.54, 1.807) is 12.1 Å². The summed E-state index contributed by atoms with van der Waals surface area (Å²) < 4.78 is 5.52.